The molecule has 162 valence electrons. The predicted molar refractivity (Wildman–Crippen MR) is 123 cm³/mol. The van der Waals surface area contributed by atoms with Crippen LogP contribution >= 0.6 is 11.3 Å². The summed E-state index contributed by atoms with van der Waals surface area (Å²) in [7, 11) is 0. The maximum Gasteiger partial charge on any atom is 0.160 e. The molecule has 2 aromatic heterocycles. The molecule has 2 aromatic carbocycles. The molecular weight excluding hydrogens is 428 g/mol. The first-order valence-corrected chi connectivity index (χ1v) is 11.1. The van der Waals surface area contributed by atoms with Gasteiger partial charge >= 0.3 is 0 Å². The number of nitrogens with zero attached hydrogens (tertiary/aromatic N) is 4. The minimum atomic E-state index is -0.578. The van der Waals surface area contributed by atoms with Gasteiger partial charge in [0.1, 0.15) is 29.0 Å². The lowest BCUT2D eigenvalue weighted by atomic mass is 9.99. The maximum atomic E-state index is 13.4. The smallest absolute Gasteiger partial charge is 0.160 e. The van der Waals surface area contributed by atoms with E-state index >= 15 is 0 Å². The Morgan fingerprint density at radius 1 is 1.00 bits per heavy atom. The Morgan fingerprint density at radius 2 is 1.72 bits per heavy atom. The van der Waals surface area contributed by atoms with Crippen LogP contribution in [0.1, 0.15) is 38.8 Å². The third-order valence-corrected chi connectivity index (χ3v) is 6.85. The molecule has 0 amide bonds. The second-order valence-corrected chi connectivity index (χ2v) is 9.04. The fourth-order valence-electron chi connectivity index (χ4n) is 3.95. The number of nitrogens with one attached hydrogen (secondary N) is 1. The van der Waals surface area contributed by atoms with Gasteiger partial charge in [-0.05, 0) is 56.2 Å². The summed E-state index contributed by atoms with van der Waals surface area (Å²) in [5.41, 5.74) is 5.67. The van der Waals surface area contributed by atoms with Crippen molar-refractivity contribution in [1.29, 1.82) is 0 Å². The number of anilines is 1. The van der Waals surface area contributed by atoms with E-state index in [1.165, 1.54) is 22.6 Å². The Balaban J connectivity index is 1.44. The normalized spacial score (nSPS) is 12.7. The number of fused-ring (bicyclic) bond motifs is 3. The minimum Gasteiger partial charge on any atom is -0.381 e. The molecule has 0 saturated heterocycles. The molecule has 32 heavy (non-hydrogen) atoms. The molecule has 0 saturated carbocycles. The predicted octanol–water partition coefficient (Wildman–Crippen LogP) is 5.50. The van der Waals surface area contributed by atoms with Crippen LogP contribution in [0.3, 0.4) is 0 Å². The molecule has 0 fully saturated rings. The summed E-state index contributed by atoms with van der Waals surface area (Å²) >= 11 is 1.73. The zero-order valence-corrected chi connectivity index (χ0v) is 18.7. The van der Waals surface area contributed by atoms with Crippen LogP contribution < -0.4 is 5.32 Å². The SMILES string of the molecule is Cc1sc2c(c1C)C(c1ccc(NCc3cc(F)cc(F)c3)cc1)=NCc1nnc(C)n1-2. The van der Waals surface area contributed by atoms with Gasteiger partial charge in [-0.3, -0.25) is 9.56 Å². The van der Waals surface area contributed by atoms with E-state index in [9.17, 15) is 8.78 Å². The number of aromatic nitrogens is 3. The summed E-state index contributed by atoms with van der Waals surface area (Å²) < 4.78 is 28.9. The van der Waals surface area contributed by atoms with Crippen molar-refractivity contribution in [2.75, 3.05) is 5.32 Å². The summed E-state index contributed by atoms with van der Waals surface area (Å²) in [6.45, 7) is 6.99. The molecule has 0 spiro atoms. The van der Waals surface area contributed by atoms with Crippen LogP contribution in [0.15, 0.2) is 47.5 Å². The lowest BCUT2D eigenvalue weighted by Gasteiger charge is -2.11. The third-order valence-electron chi connectivity index (χ3n) is 5.65. The number of rotatable bonds is 4. The number of benzene rings is 2. The molecule has 4 aromatic rings. The van der Waals surface area contributed by atoms with Gasteiger partial charge in [-0.25, -0.2) is 8.78 Å². The fourth-order valence-corrected chi connectivity index (χ4v) is 5.17. The van der Waals surface area contributed by atoms with Crippen molar-refractivity contribution in [2.24, 2.45) is 4.99 Å². The molecule has 1 aliphatic rings. The summed E-state index contributed by atoms with van der Waals surface area (Å²) in [6, 6.07) is 11.5. The Morgan fingerprint density at radius 3 is 2.44 bits per heavy atom. The Bertz CT molecular complexity index is 1330. The van der Waals surface area contributed by atoms with Crippen molar-refractivity contribution in [3.63, 3.8) is 0 Å². The second-order valence-electron chi connectivity index (χ2n) is 7.84. The van der Waals surface area contributed by atoms with E-state index in [4.69, 9.17) is 4.99 Å². The van der Waals surface area contributed by atoms with Gasteiger partial charge in [-0.15, -0.1) is 21.5 Å². The lowest BCUT2D eigenvalue weighted by Crippen LogP contribution is -2.07. The first-order chi connectivity index (χ1) is 15.4. The van der Waals surface area contributed by atoms with Gasteiger partial charge in [0, 0.05) is 34.3 Å². The number of halogens is 2. The van der Waals surface area contributed by atoms with E-state index in [-0.39, 0.29) is 0 Å². The topological polar surface area (TPSA) is 55.1 Å². The third kappa shape index (κ3) is 3.60. The molecule has 8 heteroatoms. The van der Waals surface area contributed by atoms with E-state index in [0.29, 0.717) is 18.7 Å². The van der Waals surface area contributed by atoms with Crippen LogP contribution in [0.5, 0.6) is 0 Å². The highest BCUT2D eigenvalue weighted by Gasteiger charge is 2.26. The Hall–Kier alpha value is -3.39. The number of aliphatic imine (C=N–C) groups is 1. The molecule has 1 aliphatic heterocycles. The highest BCUT2D eigenvalue weighted by molar-refractivity contribution is 7.15. The van der Waals surface area contributed by atoms with E-state index in [2.05, 4.69) is 33.9 Å². The first-order valence-electron chi connectivity index (χ1n) is 10.3. The van der Waals surface area contributed by atoms with Gasteiger partial charge in [0.2, 0.25) is 0 Å². The van der Waals surface area contributed by atoms with Gasteiger partial charge in [-0.1, -0.05) is 12.1 Å². The van der Waals surface area contributed by atoms with Crippen LogP contribution in [0.2, 0.25) is 0 Å². The van der Waals surface area contributed by atoms with Gasteiger partial charge in [-0.2, -0.15) is 0 Å². The summed E-state index contributed by atoms with van der Waals surface area (Å²) in [4.78, 5) is 6.14. The van der Waals surface area contributed by atoms with Crippen molar-refractivity contribution < 1.29 is 8.78 Å². The van der Waals surface area contributed by atoms with E-state index in [1.54, 1.807) is 11.3 Å². The first kappa shape index (κ1) is 20.5. The summed E-state index contributed by atoms with van der Waals surface area (Å²) in [6.07, 6.45) is 0. The van der Waals surface area contributed by atoms with Gasteiger partial charge in [0.25, 0.3) is 0 Å². The fraction of sp³-hybridized carbons (Fsp3) is 0.208. The van der Waals surface area contributed by atoms with Crippen molar-refractivity contribution in [3.8, 4) is 5.00 Å². The zero-order valence-electron chi connectivity index (χ0n) is 17.9. The molecule has 5 rings (SSSR count). The Kier molecular flexibility index (Phi) is 5.09. The molecule has 0 radical (unpaired) electrons. The highest BCUT2D eigenvalue weighted by Crippen LogP contribution is 2.36. The van der Waals surface area contributed by atoms with Crippen LogP contribution in [-0.2, 0) is 13.1 Å². The van der Waals surface area contributed by atoms with Crippen molar-refractivity contribution in [2.45, 2.75) is 33.9 Å². The van der Waals surface area contributed by atoms with Gasteiger partial charge in [0.05, 0.1) is 5.71 Å². The average Bonchev–Trinajstić information content (AvgIpc) is 3.20. The van der Waals surface area contributed by atoms with E-state index in [1.807, 2.05) is 31.2 Å². The standard InChI is InChI=1S/C24H21F2N5S/c1-13-14(2)32-24-22(13)23(28-12-21-30-29-15(3)31(21)24)17-4-6-20(7-5-17)27-11-16-8-18(25)10-19(26)9-16/h4-10,27H,11-12H2,1-3H3. The van der Waals surface area contributed by atoms with Crippen LogP contribution in [0.4, 0.5) is 14.5 Å². The van der Waals surface area contributed by atoms with Gasteiger partial charge < -0.3 is 5.32 Å². The lowest BCUT2D eigenvalue weighted by molar-refractivity contribution is 0.580. The summed E-state index contributed by atoms with van der Waals surface area (Å²) in [5.74, 6) is 0.533. The summed E-state index contributed by atoms with van der Waals surface area (Å²) in [5, 5.41) is 12.9. The van der Waals surface area contributed by atoms with Crippen molar-refractivity contribution in [3.05, 3.63) is 92.9 Å². The molecule has 0 atom stereocenters. The van der Waals surface area contributed by atoms with E-state index in [0.717, 1.165) is 45.2 Å². The molecule has 0 unspecified atom stereocenters. The molecular formula is C24H21F2N5S. The quantitative estimate of drug-likeness (QED) is 0.448. The number of hydrogen-bond acceptors (Lipinski definition) is 5. The van der Waals surface area contributed by atoms with Crippen molar-refractivity contribution in [1.82, 2.24) is 14.8 Å². The monoisotopic (exact) mass is 449 g/mol. The molecule has 0 aliphatic carbocycles. The molecule has 5 nitrogen and oxygen atoms in total. The maximum absolute atomic E-state index is 13.4. The largest absolute Gasteiger partial charge is 0.381 e. The molecule has 1 N–H and O–H groups in total. The molecule has 0 bridgehead atoms. The van der Waals surface area contributed by atoms with Crippen LogP contribution in [-0.4, -0.2) is 20.5 Å². The van der Waals surface area contributed by atoms with E-state index < -0.39 is 11.6 Å². The number of aryl methyl sites for hydroxylation is 2. The van der Waals surface area contributed by atoms with Crippen molar-refractivity contribution >= 4 is 22.7 Å². The highest BCUT2D eigenvalue weighted by atomic mass is 32.1. The number of thiophene rings is 1. The zero-order chi connectivity index (χ0) is 22.4. The number of hydrogen-bond donors (Lipinski definition) is 1. The average molecular weight is 450 g/mol. The minimum absolute atomic E-state index is 0.329. The molecule has 3 heterocycles. The van der Waals surface area contributed by atoms with Gasteiger partial charge in [0.15, 0.2) is 5.82 Å². The van der Waals surface area contributed by atoms with Crippen LogP contribution in [0.25, 0.3) is 5.00 Å². The Labute approximate surface area is 188 Å². The van der Waals surface area contributed by atoms with Crippen LogP contribution in [0, 0.1) is 32.4 Å². The second kappa shape index (κ2) is 7.94.